The third-order valence-electron chi connectivity index (χ3n) is 4.70. The SMILES string of the molecule is CN1CCN(C)C(Cc2noc(C3(O)CCNCC3)n2)C1. The Morgan fingerprint density at radius 1 is 1.33 bits per heavy atom. The molecule has 1 unspecified atom stereocenters. The molecule has 0 aromatic carbocycles. The lowest BCUT2D eigenvalue weighted by Crippen LogP contribution is -2.50. The third kappa shape index (κ3) is 3.26. The molecule has 2 N–H and O–H groups in total. The fourth-order valence-electron chi connectivity index (χ4n) is 3.11. The quantitative estimate of drug-likeness (QED) is 0.773. The van der Waals surface area contributed by atoms with Crippen molar-refractivity contribution in [3.63, 3.8) is 0 Å². The molecule has 0 aliphatic carbocycles. The molecule has 118 valence electrons. The van der Waals surface area contributed by atoms with Crippen LogP contribution in [0.2, 0.25) is 0 Å². The van der Waals surface area contributed by atoms with Crippen LogP contribution in [-0.2, 0) is 12.0 Å². The molecule has 0 amide bonds. The maximum atomic E-state index is 10.6. The van der Waals surface area contributed by atoms with Gasteiger partial charge in [-0.15, -0.1) is 0 Å². The second-order valence-electron chi connectivity index (χ2n) is 6.40. The first-order valence-electron chi connectivity index (χ1n) is 7.72. The molecule has 0 saturated carbocycles. The van der Waals surface area contributed by atoms with Crippen LogP contribution in [0, 0.1) is 0 Å². The Labute approximate surface area is 125 Å². The molecule has 0 spiro atoms. The van der Waals surface area contributed by atoms with Crippen molar-refractivity contribution < 1.29 is 9.63 Å². The first kappa shape index (κ1) is 14.9. The fraction of sp³-hybridized carbons (Fsp3) is 0.857. The van der Waals surface area contributed by atoms with E-state index in [4.69, 9.17) is 4.52 Å². The highest BCUT2D eigenvalue weighted by Crippen LogP contribution is 2.29. The molecule has 7 heteroatoms. The lowest BCUT2D eigenvalue weighted by atomic mass is 9.92. The van der Waals surface area contributed by atoms with Gasteiger partial charge in [-0.3, -0.25) is 0 Å². The van der Waals surface area contributed by atoms with Crippen molar-refractivity contribution in [1.82, 2.24) is 25.3 Å². The van der Waals surface area contributed by atoms with Gasteiger partial charge >= 0.3 is 0 Å². The van der Waals surface area contributed by atoms with Crippen molar-refractivity contribution in [2.24, 2.45) is 0 Å². The number of aromatic nitrogens is 2. The topological polar surface area (TPSA) is 77.7 Å². The standard InChI is InChI=1S/C14H25N5O2/c1-18-7-8-19(2)11(10-18)9-12-16-13(21-17-12)14(20)3-5-15-6-4-14/h11,15,20H,3-10H2,1-2H3. The van der Waals surface area contributed by atoms with E-state index in [1.165, 1.54) is 0 Å². The molecule has 2 fully saturated rings. The number of piperidine rings is 1. The smallest absolute Gasteiger partial charge is 0.258 e. The predicted molar refractivity (Wildman–Crippen MR) is 77.9 cm³/mol. The van der Waals surface area contributed by atoms with Crippen molar-refractivity contribution in [3.8, 4) is 0 Å². The highest BCUT2D eigenvalue weighted by Gasteiger charge is 2.37. The number of rotatable bonds is 3. The summed E-state index contributed by atoms with van der Waals surface area (Å²) >= 11 is 0. The van der Waals surface area contributed by atoms with Gasteiger partial charge in [0.15, 0.2) is 5.82 Å². The Kier molecular flexibility index (Phi) is 4.26. The van der Waals surface area contributed by atoms with E-state index in [1.807, 2.05) is 0 Å². The van der Waals surface area contributed by atoms with Gasteiger partial charge in [0.2, 0.25) is 0 Å². The molecule has 0 radical (unpaired) electrons. The van der Waals surface area contributed by atoms with E-state index in [-0.39, 0.29) is 0 Å². The average molecular weight is 295 g/mol. The zero-order chi connectivity index (χ0) is 14.9. The summed E-state index contributed by atoms with van der Waals surface area (Å²) < 4.78 is 5.34. The molecule has 1 atom stereocenters. The van der Waals surface area contributed by atoms with Gasteiger partial charge in [-0.1, -0.05) is 5.16 Å². The van der Waals surface area contributed by atoms with Gasteiger partial charge in [-0.25, -0.2) is 0 Å². The molecule has 1 aromatic heterocycles. The summed E-state index contributed by atoms with van der Waals surface area (Å²) in [4.78, 5) is 9.13. The highest BCUT2D eigenvalue weighted by molar-refractivity contribution is 5.02. The molecule has 7 nitrogen and oxygen atoms in total. The van der Waals surface area contributed by atoms with Crippen LogP contribution in [-0.4, -0.2) is 77.9 Å². The second kappa shape index (κ2) is 6.00. The first-order valence-corrected chi connectivity index (χ1v) is 7.72. The number of hydrogen-bond acceptors (Lipinski definition) is 7. The molecule has 3 heterocycles. The van der Waals surface area contributed by atoms with Crippen molar-refractivity contribution in [2.75, 3.05) is 46.8 Å². The predicted octanol–water partition coefficient (Wildman–Crippen LogP) is -0.571. The third-order valence-corrected chi connectivity index (χ3v) is 4.70. The number of nitrogens with one attached hydrogen (secondary N) is 1. The van der Waals surface area contributed by atoms with Crippen molar-refractivity contribution in [2.45, 2.75) is 30.9 Å². The van der Waals surface area contributed by atoms with Gasteiger partial charge in [0.05, 0.1) is 0 Å². The summed E-state index contributed by atoms with van der Waals surface area (Å²) in [5, 5.41) is 17.9. The Morgan fingerprint density at radius 3 is 2.86 bits per heavy atom. The molecule has 3 rings (SSSR count). The van der Waals surface area contributed by atoms with Gasteiger partial charge in [0.25, 0.3) is 5.89 Å². The lowest BCUT2D eigenvalue weighted by Gasteiger charge is -2.37. The number of piperazine rings is 1. The molecule has 2 aliphatic rings. The Hall–Kier alpha value is -1.02. The van der Waals surface area contributed by atoms with Crippen LogP contribution in [0.5, 0.6) is 0 Å². The summed E-state index contributed by atoms with van der Waals surface area (Å²) in [6.45, 7) is 4.72. The minimum Gasteiger partial charge on any atom is -0.380 e. The van der Waals surface area contributed by atoms with E-state index >= 15 is 0 Å². The van der Waals surface area contributed by atoms with E-state index in [0.29, 0.717) is 30.6 Å². The maximum Gasteiger partial charge on any atom is 0.258 e. The molecule has 21 heavy (non-hydrogen) atoms. The van der Waals surface area contributed by atoms with Crippen molar-refractivity contribution in [3.05, 3.63) is 11.7 Å². The number of hydrogen-bond donors (Lipinski definition) is 2. The molecular weight excluding hydrogens is 270 g/mol. The minimum atomic E-state index is -0.953. The molecule has 0 bridgehead atoms. The summed E-state index contributed by atoms with van der Waals surface area (Å²) in [5.74, 6) is 1.08. The highest BCUT2D eigenvalue weighted by atomic mass is 16.5. The normalized spacial score (nSPS) is 27.9. The second-order valence-corrected chi connectivity index (χ2v) is 6.40. The average Bonchev–Trinajstić information content (AvgIpc) is 2.93. The Balaban J connectivity index is 1.67. The van der Waals surface area contributed by atoms with Gasteiger partial charge in [-0.2, -0.15) is 4.98 Å². The van der Waals surface area contributed by atoms with Crippen LogP contribution in [0.25, 0.3) is 0 Å². The van der Waals surface area contributed by atoms with Crippen LogP contribution >= 0.6 is 0 Å². The van der Waals surface area contributed by atoms with Crippen molar-refractivity contribution >= 4 is 0 Å². The van der Waals surface area contributed by atoms with Crippen LogP contribution < -0.4 is 5.32 Å². The van der Waals surface area contributed by atoms with E-state index < -0.39 is 5.60 Å². The van der Waals surface area contributed by atoms with Gasteiger partial charge in [0, 0.05) is 32.1 Å². The van der Waals surface area contributed by atoms with Gasteiger partial charge < -0.3 is 24.7 Å². The zero-order valence-electron chi connectivity index (χ0n) is 12.9. The van der Waals surface area contributed by atoms with Crippen LogP contribution in [0.3, 0.4) is 0 Å². The van der Waals surface area contributed by atoms with Gasteiger partial charge in [-0.05, 0) is 40.0 Å². The van der Waals surface area contributed by atoms with Crippen LogP contribution in [0.1, 0.15) is 24.6 Å². The van der Waals surface area contributed by atoms with Gasteiger partial charge in [0.1, 0.15) is 5.60 Å². The van der Waals surface area contributed by atoms with E-state index in [2.05, 4.69) is 39.4 Å². The number of likely N-dealkylation sites (N-methyl/N-ethyl adjacent to an activating group) is 2. The Bertz CT molecular complexity index is 472. The summed E-state index contributed by atoms with van der Waals surface area (Å²) in [5.41, 5.74) is -0.953. The van der Waals surface area contributed by atoms with E-state index in [9.17, 15) is 5.11 Å². The number of aliphatic hydroxyl groups is 1. The van der Waals surface area contributed by atoms with Crippen LogP contribution in [0.15, 0.2) is 4.52 Å². The number of nitrogens with zero attached hydrogens (tertiary/aromatic N) is 4. The van der Waals surface area contributed by atoms with Crippen LogP contribution in [0.4, 0.5) is 0 Å². The Morgan fingerprint density at radius 2 is 2.10 bits per heavy atom. The van der Waals surface area contributed by atoms with E-state index in [0.717, 1.165) is 39.1 Å². The summed E-state index contributed by atoms with van der Waals surface area (Å²) in [6, 6.07) is 0.400. The molecule has 2 aliphatic heterocycles. The summed E-state index contributed by atoms with van der Waals surface area (Å²) in [6.07, 6.45) is 2.01. The maximum absolute atomic E-state index is 10.6. The molecule has 1 aromatic rings. The minimum absolute atomic E-state index is 0.380. The van der Waals surface area contributed by atoms with Crippen molar-refractivity contribution in [1.29, 1.82) is 0 Å². The molecular formula is C14H25N5O2. The first-order chi connectivity index (χ1) is 10.1. The zero-order valence-corrected chi connectivity index (χ0v) is 12.9. The summed E-state index contributed by atoms with van der Waals surface area (Å²) in [7, 11) is 4.28. The fourth-order valence-corrected chi connectivity index (χ4v) is 3.11. The largest absolute Gasteiger partial charge is 0.380 e. The molecule has 2 saturated heterocycles. The lowest BCUT2D eigenvalue weighted by molar-refractivity contribution is -0.0228. The monoisotopic (exact) mass is 295 g/mol. The van der Waals surface area contributed by atoms with E-state index in [1.54, 1.807) is 0 Å².